The van der Waals surface area contributed by atoms with Crippen LogP contribution in [-0.2, 0) is 17.7 Å². The molecule has 1 fully saturated rings. The van der Waals surface area contributed by atoms with Gasteiger partial charge >= 0.3 is 0 Å². The molecule has 0 saturated carbocycles. The number of imidazole rings is 1. The molecule has 1 saturated heterocycles. The topological polar surface area (TPSA) is 50.8 Å². The predicted molar refractivity (Wildman–Crippen MR) is 82.4 cm³/mol. The van der Waals surface area contributed by atoms with Crippen LogP contribution in [0.25, 0.3) is 11.0 Å². The zero-order valence-electron chi connectivity index (χ0n) is 11.9. The number of fused-ring (bicyclic) bond motifs is 1. The SMILES string of the molecule is N#Cc1ccc2nc(CCCl)n(CCC3CCOC3)c2c1. The second kappa shape index (κ2) is 6.46. The number of nitrogens with zero attached hydrogens (tertiary/aromatic N) is 3. The van der Waals surface area contributed by atoms with Crippen molar-refractivity contribution < 1.29 is 4.74 Å². The van der Waals surface area contributed by atoms with Crippen LogP contribution in [-0.4, -0.2) is 28.6 Å². The van der Waals surface area contributed by atoms with E-state index in [9.17, 15) is 0 Å². The van der Waals surface area contributed by atoms with Gasteiger partial charge in [-0.25, -0.2) is 4.98 Å². The molecule has 2 aromatic rings. The number of aryl methyl sites for hydroxylation is 2. The first-order valence-corrected chi connectivity index (χ1v) is 7.88. The average Bonchev–Trinajstić information content (AvgIpc) is 3.12. The number of rotatable bonds is 5. The molecule has 0 spiro atoms. The van der Waals surface area contributed by atoms with Gasteiger partial charge in [0.25, 0.3) is 0 Å². The van der Waals surface area contributed by atoms with E-state index in [1.807, 2.05) is 18.2 Å². The third kappa shape index (κ3) is 3.04. The molecular weight excluding hydrogens is 286 g/mol. The van der Waals surface area contributed by atoms with Crippen LogP contribution in [0.1, 0.15) is 24.2 Å². The van der Waals surface area contributed by atoms with Gasteiger partial charge in [0.15, 0.2) is 0 Å². The van der Waals surface area contributed by atoms with E-state index in [2.05, 4.69) is 15.6 Å². The first-order valence-electron chi connectivity index (χ1n) is 7.35. The summed E-state index contributed by atoms with van der Waals surface area (Å²) in [5.41, 5.74) is 2.65. The van der Waals surface area contributed by atoms with E-state index in [0.717, 1.165) is 55.9 Å². The molecule has 3 rings (SSSR count). The van der Waals surface area contributed by atoms with Crippen LogP contribution in [0.2, 0.25) is 0 Å². The molecule has 2 heterocycles. The molecule has 21 heavy (non-hydrogen) atoms. The summed E-state index contributed by atoms with van der Waals surface area (Å²) in [4.78, 5) is 4.66. The van der Waals surface area contributed by atoms with Crippen LogP contribution >= 0.6 is 11.6 Å². The number of hydrogen-bond acceptors (Lipinski definition) is 3. The Balaban J connectivity index is 1.91. The van der Waals surface area contributed by atoms with Crippen molar-refractivity contribution in [2.24, 2.45) is 5.92 Å². The quantitative estimate of drug-likeness (QED) is 0.797. The molecule has 0 radical (unpaired) electrons. The number of halogens is 1. The van der Waals surface area contributed by atoms with E-state index in [0.29, 0.717) is 17.4 Å². The standard InChI is InChI=1S/C16H18ClN3O/c17-6-3-16-19-14-2-1-13(10-18)9-15(14)20(16)7-4-12-5-8-21-11-12/h1-2,9,12H,3-8,11H2. The minimum absolute atomic E-state index is 0.557. The Hall–Kier alpha value is -1.57. The van der Waals surface area contributed by atoms with Gasteiger partial charge in [-0.05, 0) is 37.0 Å². The number of nitriles is 1. The summed E-state index contributed by atoms with van der Waals surface area (Å²) in [5, 5.41) is 9.08. The second-order valence-electron chi connectivity index (χ2n) is 5.45. The number of alkyl halides is 1. The van der Waals surface area contributed by atoms with Gasteiger partial charge in [-0.1, -0.05) is 0 Å². The molecule has 1 unspecified atom stereocenters. The second-order valence-corrected chi connectivity index (χ2v) is 5.83. The van der Waals surface area contributed by atoms with E-state index in [1.54, 1.807) is 0 Å². The monoisotopic (exact) mass is 303 g/mol. The van der Waals surface area contributed by atoms with Crippen molar-refractivity contribution in [2.75, 3.05) is 19.1 Å². The highest BCUT2D eigenvalue weighted by Gasteiger charge is 2.17. The zero-order chi connectivity index (χ0) is 14.7. The van der Waals surface area contributed by atoms with Crippen molar-refractivity contribution in [2.45, 2.75) is 25.8 Å². The highest BCUT2D eigenvalue weighted by molar-refractivity contribution is 6.17. The van der Waals surface area contributed by atoms with E-state index >= 15 is 0 Å². The van der Waals surface area contributed by atoms with Crippen molar-refractivity contribution in [3.8, 4) is 6.07 Å². The Morgan fingerprint density at radius 1 is 1.48 bits per heavy atom. The molecule has 0 bridgehead atoms. The maximum absolute atomic E-state index is 9.08. The minimum Gasteiger partial charge on any atom is -0.381 e. The average molecular weight is 304 g/mol. The molecule has 110 valence electrons. The maximum atomic E-state index is 9.08. The summed E-state index contributed by atoms with van der Waals surface area (Å²) in [6.07, 6.45) is 2.97. The van der Waals surface area contributed by atoms with Crippen LogP contribution in [0.3, 0.4) is 0 Å². The lowest BCUT2D eigenvalue weighted by Gasteiger charge is -2.11. The fourth-order valence-corrected chi connectivity index (χ4v) is 3.06. The third-order valence-electron chi connectivity index (χ3n) is 4.06. The Morgan fingerprint density at radius 2 is 2.38 bits per heavy atom. The molecule has 0 aliphatic carbocycles. The summed E-state index contributed by atoms with van der Waals surface area (Å²) in [6.45, 7) is 2.65. The summed E-state index contributed by atoms with van der Waals surface area (Å²) in [5.74, 6) is 2.19. The van der Waals surface area contributed by atoms with E-state index in [4.69, 9.17) is 21.6 Å². The molecule has 1 aliphatic rings. The lowest BCUT2D eigenvalue weighted by Crippen LogP contribution is -2.09. The van der Waals surface area contributed by atoms with Crippen molar-refractivity contribution in [3.05, 3.63) is 29.6 Å². The first-order chi connectivity index (χ1) is 10.3. The zero-order valence-corrected chi connectivity index (χ0v) is 12.6. The summed E-state index contributed by atoms with van der Waals surface area (Å²) in [6, 6.07) is 7.85. The van der Waals surface area contributed by atoms with Crippen molar-refractivity contribution in [3.63, 3.8) is 0 Å². The molecule has 0 amide bonds. The van der Waals surface area contributed by atoms with Gasteiger partial charge in [-0.3, -0.25) is 0 Å². The molecule has 1 aliphatic heterocycles. The van der Waals surface area contributed by atoms with E-state index < -0.39 is 0 Å². The van der Waals surface area contributed by atoms with Gasteiger partial charge in [0, 0.05) is 32.1 Å². The molecular formula is C16H18ClN3O. The highest BCUT2D eigenvalue weighted by atomic mass is 35.5. The van der Waals surface area contributed by atoms with Gasteiger partial charge in [0.05, 0.1) is 22.7 Å². The summed E-state index contributed by atoms with van der Waals surface area (Å²) < 4.78 is 7.66. The number of hydrogen-bond donors (Lipinski definition) is 0. The van der Waals surface area contributed by atoms with Crippen molar-refractivity contribution in [1.82, 2.24) is 9.55 Å². The van der Waals surface area contributed by atoms with E-state index in [1.165, 1.54) is 0 Å². The smallest absolute Gasteiger partial charge is 0.111 e. The number of benzene rings is 1. The summed E-state index contributed by atoms with van der Waals surface area (Å²) in [7, 11) is 0. The molecule has 1 aromatic heterocycles. The predicted octanol–water partition coefficient (Wildman–Crippen LogP) is 3.12. The highest BCUT2D eigenvalue weighted by Crippen LogP contribution is 2.22. The van der Waals surface area contributed by atoms with Gasteiger partial charge < -0.3 is 9.30 Å². The van der Waals surface area contributed by atoms with Gasteiger partial charge in [-0.2, -0.15) is 5.26 Å². The van der Waals surface area contributed by atoms with Crippen molar-refractivity contribution >= 4 is 22.6 Å². The number of ether oxygens (including phenoxy) is 1. The maximum Gasteiger partial charge on any atom is 0.111 e. The Morgan fingerprint density at radius 3 is 3.10 bits per heavy atom. The van der Waals surface area contributed by atoms with Crippen molar-refractivity contribution in [1.29, 1.82) is 5.26 Å². The largest absolute Gasteiger partial charge is 0.381 e. The van der Waals surface area contributed by atoms with E-state index in [-0.39, 0.29) is 0 Å². The Kier molecular flexibility index (Phi) is 4.42. The molecule has 4 nitrogen and oxygen atoms in total. The van der Waals surface area contributed by atoms with Gasteiger partial charge in [0.2, 0.25) is 0 Å². The van der Waals surface area contributed by atoms with Crippen LogP contribution in [0, 0.1) is 17.2 Å². The normalized spacial score (nSPS) is 18.2. The molecule has 1 aromatic carbocycles. The fourth-order valence-electron chi connectivity index (χ4n) is 2.89. The van der Waals surface area contributed by atoms with Crippen LogP contribution < -0.4 is 0 Å². The Labute approximate surface area is 129 Å². The summed E-state index contributed by atoms with van der Waals surface area (Å²) >= 11 is 5.90. The first kappa shape index (κ1) is 14.4. The molecule has 0 N–H and O–H groups in total. The third-order valence-corrected chi connectivity index (χ3v) is 4.25. The Bertz CT molecular complexity index is 668. The van der Waals surface area contributed by atoms with Crippen LogP contribution in [0.4, 0.5) is 0 Å². The lowest BCUT2D eigenvalue weighted by atomic mass is 10.1. The lowest BCUT2D eigenvalue weighted by molar-refractivity contribution is 0.183. The molecule has 5 heteroatoms. The number of aromatic nitrogens is 2. The van der Waals surface area contributed by atoms with Crippen LogP contribution in [0.5, 0.6) is 0 Å². The van der Waals surface area contributed by atoms with Crippen LogP contribution in [0.15, 0.2) is 18.2 Å². The van der Waals surface area contributed by atoms with Gasteiger partial charge in [0.1, 0.15) is 5.82 Å². The molecule has 1 atom stereocenters. The minimum atomic E-state index is 0.557. The fraction of sp³-hybridized carbons (Fsp3) is 0.500. The van der Waals surface area contributed by atoms with Gasteiger partial charge in [-0.15, -0.1) is 11.6 Å².